The van der Waals surface area contributed by atoms with Gasteiger partial charge in [-0.15, -0.1) is 0 Å². The molecule has 1 saturated heterocycles. The zero-order valence-corrected chi connectivity index (χ0v) is 11.2. The Bertz CT molecular complexity index is 508. The fourth-order valence-electron chi connectivity index (χ4n) is 1.73. The fraction of sp³-hybridized carbons (Fsp3) is 0.333. The average molecular weight is 260 g/mol. The Hall–Kier alpha value is -2.10. The summed E-state index contributed by atoms with van der Waals surface area (Å²) in [5, 5.41) is 0. The lowest BCUT2D eigenvalue weighted by molar-refractivity contribution is -0.245. The van der Waals surface area contributed by atoms with Crippen molar-refractivity contribution in [1.82, 2.24) is 0 Å². The van der Waals surface area contributed by atoms with Crippen LogP contribution in [0, 0.1) is 5.41 Å². The van der Waals surface area contributed by atoms with Crippen molar-refractivity contribution in [2.24, 2.45) is 5.41 Å². The summed E-state index contributed by atoms with van der Waals surface area (Å²) in [7, 11) is 0. The summed E-state index contributed by atoms with van der Waals surface area (Å²) >= 11 is 0. The van der Waals surface area contributed by atoms with Crippen LogP contribution in [0.15, 0.2) is 36.4 Å². The minimum Gasteiger partial charge on any atom is -0.422 e. The molecule has 0 unspecified atom stereocenters. The zero-order chi connectivity index (χ0) is 14.1. The number of hydrogen-bond acceptors (Lipinski definition) is 4. The summed E-state index contributed by atoms with van der Waals surface area (Å²) < 4.78 is 10.2. The number of carbonyl (C=O) groups excluding carboxylic acids is 2. The van der Waals surface area contributed by atoms with Crippen LogP contribution in [0.2, 0.25) is 0 Å². The predicted octanol–water partition coefficient (Wildman–Crippen LogP) is 2.54. The van der Waals surface area contributed by atoms with Gasteiger partial charge in [0.2, 0.25) is 0 Å². The Kier molecular flexibility index (Phi) is 3.18. The van der Waals surface area contributed by atoms with Crippen LogP contribution in [0.5, 0.6) is 0 Å². The van der Waals surface area contributed by atoms with E-state index in [1.54, 1.807) is 6.08 Å². The maximum atomic E-state index is 12.0. The minimum absolute atomic E-state index is 0.596. The number of benzene rings is 1. The van der Waals surface area contributed by atoms with Gasteiger partial charge in [-0.3, -0.25) is 9.59 Å². The zero-order valence-electron chi connectivity index (χ0n) is 11.2. The summed E-state index contributed by atoms with van der Waals surface area (Å²) in [5.41, 5.74) is -0.500. The molecule has 1 aliphatic heterocycles. The Morgan fingerprint density at radius 1 is 0.947 bits per heavy atom. The molecular formula is C15H16O4. The number of rotatable bonds is 2. The van der Waals surface area contributed by atoms with Gasteiger partial charge < -0.3 is 9.47 Å². The molecule has 1 heterocycles. The van der Waals surface area contributed by atoms with Gasteiger partial charge in [0.15, 0.2) is 5.41 Å². The maximum absolute atomic E-state index is 12.0. The molecule has 2 rings (SSSR count). The van der Waals surface area contributed by atoms with E-state index in [1.165, 1.54) is 26.8 Å². The normalized spacial score (nSPS) is 21.0. The second kappa shape index (κ2) is 4.53. The topological polar surface area (TPSA) is 52.6 Å². The molecule has 4 heteroatoms. The molecule has 1 aliphatic rings. The van der Waals surface area contributed by atoms with Gasteiger partial charge >= 0.3 is 11.9 Å². The first-order chi connectivity index (χ1) is 8.83. The molecule has 19 heavy (non-hydrogen) atoms. The molecule has 1 aromatic rings. The molecule has 0 saturated carbocycles. The van der Waals surface area contributed by atoms with Crippen LogP contribution >= 0.6 is 0 Å². The number of ether oxygens (including phenoxy) is 2. The molecule has 1 fully saturated rings. The van der Waals surface area contributed by atoms with E-state index in [1.807, 2.05) is 30.3 Å². The van der Waals surface area contributed by atoms with Crippen molar-refractivity contribution in [2.75, 3.05) is 0 Å². The highest BCUT2D eigenvalue weighted by molar-refractivity contribution is 6.04. The van der Waals surface area contributed by atoms with Crippen LogP contribution in [-0.4, -0.2) is 17.7 Å². The van der Waals surface area contributed by atoms with Crippen LogP contribution in [0.1, 0.15) is 26.3 Å². The van der Waals surface area contributed by atoms with Gasteiger partial charge in [0.25, 0.3) is 5.79 Å². The first kappa shape index (κ1) is 13.3. The number of hydrogen-bond donors (Lipinski definition) is 0. The molecule has 100 valence electrons. The SMILES string of the molecule is CC1(C)OC(=O)C(C)(/C=C/c2ccccc2)C(=O)O1. The van der Waals surface area contributed by atoms with Crippen molar-refractivity contribution in [3.63, 3.8) is 0 Å². The lowest BCUT2D eigenvalue weighted by Crippen LogP contribution is -2.51. The summed E-state index contributed by atoms with van der Waals surface area (Å²) in [6.07, 6.45) is 3.23. The molecule has 0 radical (unpaired) electrons. The summed E-state index contributed by atoms with van der Waals surface area (Å²) in [6.45, 7) is 4.55. The van der Waals surface area contributed by atoms with E-state index in [9.17, 15) is 9.59 Å². The standard InChI is InChI=1S/C15H16O4/c1-14(2)18-12(16)15(3,13(17)19-14)10-9-11-7-5-4-6-8-11/h4-10H,1-3H3/b10-9+. The van der Waals surface area contributed by atoms with Crippen molar-refractivity contribution < 1.29 is 19.1 Å². The first-order valence-electron chi connectivity index (χ1n) is 6.05. The van der Waals surface area contributed by atoms with Gasteiger partial charge in [-0.2, -0.15) is 0 Å². The molecule has 0 N–H and O–H groups in total. The van der Waals surface area contributed by atoms with Gasteiger partial charge in [-0.05, 0) is 12.5 Å². The quantitative estimate of drug-likeness (QED) is 0.605. The monoisotopic (exact) mass is 260 g/mol. The minimum atomic E-state index is -1.40. The summed E-state index contributed by atoms with van der Waals surface area (Å²) in [6, 6.07) is 9.41. The van der Waals surface area contributed by atoms with Crippen LogP contribution < -0.4 is 0 Å². The van der Waals surface area contributed by atoms with Crippen LogP contribution in [0.4, 0.5) is 0 Å². The van der Waals surface area contributed by atoms with E-state index in [0.717, 1.165) is 5.56 Å². The lowest BCUT2D eigenvalue weighted by atomic mass is 9.88. The highest BCUT2D eigenvalue weighted by Crippen LogP contribution is 2.33. The van der Waals surface area contributed by atoms with Crippen molar-refractivity contribution in [1.29, 1.82) is 0 Å². The van der Waals surface area contributed by atoms with E-state index in [2.05, 4.69) is 0 Å². The van der Waals surface area contributed by atoms with E-state index < -0.39 is 23.1 Å². The van der Waals surface area contributed by atoms with Gasteiger partial charge in [-0.25, -0.2) is 0 Å². The third kappa shape index (κ3) is 2.67. The third-order valence-corrected chi connectivity index (χ3v) is 2.93. The molecular weight excluding hydrogens is 244 g/mol. The molecule has 0 spiro atoms. The molecule has 0 atom stereocenters. The van der Waals surface area contributed by atoms with E-state index in [4.69, 9.17) is 9.47 Å². The van der Waals surface area contributed by atoms with Crippen LogP contribution in [-0.2, 0) is 19.1 Å². The predicted molar refractivity (Wildman–Crippen MR) is 69.8 cm³/mol. The van der Waals surface area contributed by atoms with Crippen molar-refractivity contribution in [2.45, 2.75) is 26.6 Å². The smallest absolute Gasteiger partial charge is 0.330 e. The van der Waals surface area contributed by atoms with Gasteiger partial charge in [0, 0.05) is 13.8 Å². The Morgan fingerprint density at radius 3 is 2.00 bits per heavy atom. The molecule has 0 aliphatic carbocycles. The Labute approximate surface area is 112 Å². The maximum Gasteiger partial charge on any atom is 0.330 e. The highest BCUT2D eigenvalue weighted by Gasteiger charge is 2.51. The van der Waals surface area contributed by atoms with Crippen molar-refractivity contribution in [3.8, 4) is 0 Å². The highest BCUT2D eigenvalue weighted by atomic mass is 16.7. The largest absolute Gasteiger partial charge is 0.422 e. The van der Waals surface area contributed by atoms with Gasteiger partial charge in [0.1, 0.15) is 0 Å². The fourth-order valence-corrected chi connectivity index (χ4v) is 1.73. The van der Waals surface area contributed by atoms with Gasteiger partial charge in [0.05, 0.1) is 0 Å². The summed E-state index contributed by atoms with van der Waals surface area (Å²) in [5.74, 6) is -2.39. The van der Waals surface area contributed by atoms with Crippen LogP contribution in [0.3, 0.4) is 0 Å². The second-order valence-corrected chi connectivity index (χ2v) is 5.13. The Balaban J connectivity index is 2.26. The molecule has 1 aromatic carbocycles. The number of esters is 2. The summed E-state index contributed by atoms with van der Waals surface area (Å²) in [4.78, 5) is 24.0. The lowest BCUT2D eigenvalue weighted by Gasteiger charge is -2.36. The number of carbonyl (C=O) groups is 2. The van der Waals surface area contributed by atoms with E-state index in [0.29, 0.717) is 0 Å². The van der Waals surface area contributed by atoms with E-state index >= 15 is 0 Å². The van der Waals surface area contributed by atoms with E-state index in [-0.39, 0.29) is 0 Å². The molecule has 0 amide bonds. The third-order valence-electron chi connectivity index (χ3n) is 2.93. The molecule has 0 bridgehead atoms. The second-order valence-electron chi connectivity index (χ2n) is 5.13. The van der Waals surface area contributed by atoms with Crippen molar-refractivity contribution >= 4 is 18.0 Å². The number of cyclic esters (lactones) is 2. The molecule has 4 nitrogen and oxygen atoms in total. The Morgan fingerprint density at radius 2 is 1.47 bits per heavy atom. The van der Waals surface area contributed by atoms with Crippen molar-refractivity contribution in [3.05, 3.63) is 42.0 Å². The van der Waals surface area contributed by atoms with Gasteiger partial charge in [-0.1, -0.05) is 42.5 Å². The molecule has 0 aromatic heterocycles. The first-order valence-corrected chi connectivity index (χ1v) is 6.05. The van der Waals surface area contributed by atoms with Crippen LogP contribution in [0.25, 0.3) is 6.08 Å². The average Bonchev–Trinajstić information content (AvgIpc) is 2.34.